The van der Waals surface area contributed by atoms with Crippen LogP contribution in [0.15, 0.2) is 18.5 Å². The average molecular weight is 287 g/mol. The van der Waals surface area contributed by atoms with Crippen LogP contribution in [0.4, 0.5) is 0 Å². The molecule has 4 heteroatoms. The van der Waals surface area contributed by atoms with Gasteiger partial charge in [-0.15, -0.1) is 17.0 Å². The van der Waals surface area contributed by atoms with Gasteiger partial charge in [-0.3, -0.25) is 4.98 Å². The van der Waals surface area contributed by atoms with E-state index in [0.717, 1.165) is 15.9 Å². The molecule has 0 spiro atoms. The van der Waals surface area contributed by atoms with Crippen LogP contribution in [0.5, 0.6) is 0 Å². The minimum atomic E-state index is 0. The van der Waals surface area contributed by atoms with Gasteiger partial charge >= 0.3 is 0 Å². The van der Waals surface area contributed by atoms with Crippen LogP contribution in [0.2, 0.25) is 5.02 Å². The minimum absolute atomic E-state index is 0. The van der Waals surface area contributed by atoms with Crippen LogP contribution in [-0.4, -0.2) is 4.98 Å². The summed E-state index contributed by atoms with van der Waals surface area (Å²) in [5, 5.41) is 1.50. The summed E-state index contributed by atoms with van der Waals surface area (Å²) in [4.78, 5) is 3.84. The molecule has 1 rings (SSSR count). The van der Waals surface area contributed by atoms with Crippen LogP contribution in [-0.2, 0) is 5.33 Å². The Kier molecular flexibility index (Phi) is 5.31. The molecule has 10 heavy (non-hydrogen) atoms. The normalized spacial score (nSPS) is 8.60. The van der Waals surface area contributed by atoms with Gasteiger partial charge in [0.1, 0.15) is 0 Å². The molecule has 0 bridgehead atoms. The molecule has 0 unspecified atom stereocenters. The Hall–Kier alpha value is 0.400. The van der Waals surface area contributed by atoms with Crippen molar-refractivity contribution in [3.8, 4) is 0 Å². The summed E-state index contributed by atoms with van der Waals surface area (Å²) < 4.78 is 0. The lowest BCUT2D eigenvalue weighted by atomic mass is 10.3. The predicted molar refractivity (Wildman–Crippen MR) is 52.2 cm³/mol. The second-order valence-electron chi connectivity index (χ2n) is 1.60. The number of aromatic nitrogens is 1. The molecule has 1 aromatic rings. The SMILES string of the molecule is Br.Clc1cnccc1CBr. The third kappa shape index (κ3) is 2.56. The van der Waals surface area contributed by atoms with E-state index in [2.05, 4.69) is 20.9 Å². The quantitative estimate of drug-likeness (QED) is 0.723. The molecular formula is C6H6Br2ClN. The van der Waals surface area contributed by atoms with E-state index in [0.29, 0.717) is 0 Å². The van der Waals surface area contributed by atoms with Crippen molar-refractivity contribution in [2.75, 3.05) is 0 Å². The van der Waals surface area contributed by atoms with E-state index >= 15 is 0 Å². The largest absolute Gasteiger partial charge is 0.263 e. The van der Waals surface area contributed by atoms with Gasteiger partial charge in [0.25, 0.3) is 0 Å². The lowest BCUT2D eigenvalue weighted by Gasteiger charge is -1.94. The van der Waals surface area contributed by atoms with Crippen LogP contribution < -0.4 is 0 Å². The highest BCUT2D eigenvalue weighted by Crippen LogP contribution is 2.15. The molecule has 0 atom stereocenters. The molecule has 0 fully saturated rings. The Balaban J connectivity index is 0.000000810. The molecule has 0 N–H and O–H groups in total. The van der Waals surface area contributed by atoms with Crippen molar-refractivity contribution in [3.63, 3.8) is 0 Å². The van der Waals surface area contributed by atoms with Gasteiger partial charge in [0.2, 0.25) is 0 Å². The molecule has 1 nitrogen and oxygen atoms in total. The van der Waals surface area contributed by atoms with Crippen LogP contribution in [0.3, 0.4) is 0 Å². The smallest absolute Gasteiger partial charge is 0.0629 e. The number of alkyl halides is 1. The molecular weight excluding hydrogens is 281 g/mol. The standard InChI is InChI=1S/C6H5BrClN.BrH/c7-3-5-1-2-9-4-6(5)8;/h1-2,4H,3H2;1H. The van der Waals surface area contributed by atoms with Crippen LogP contribution in [0.25, 0.3) is 0 Å². The van der Waals surface area contributed by atoms with Crippen molar-refractivity contribution >= 4 is 44.5 Å². The summed E-state index contributed by atoms with van der Waals surface area (Å²) in [6.07, 6.45) is 3.36. The second kappa shape index (κ2) is 5.10. The molecule has 0 amide bonds. The maximum absolute atomic E-state index is 5.73. The van der Waals surface area contributed by atoms with E-state index in [-0.39, 0.29) is 17.0 Å². The second-order valence-corrected chi connectivity index (χ2v) is 2.57. The number of rotatable bonds is 1. The van der Waals surface area contributed by atoms with Gasteiger partial charge in [-0.2, -0.15) is 0 Å². The molecule has 56 valence electrons. The first-order valence-electron chi connectivity index (χ1n) is 2.49. The highest BCUT2D eigenvalue weighted by atomic mass is 79.9. The van der Waals surface area contributed by atoms with E-state index < -0.39 is 0 Å². The zero-order valence-corrected chi connectivity index (χ0v) is 9.11. The molecule has 0 aliphatic carbocycles. The van der Waals surface area contributed by atoms with Gasteiger partial charge in [-0.05, 0) is 11.6 Å². The molecule has 0 saturated carbocycles. The first-order valence-corrected chi connectivity index (χ1v) is 3.99. The third-order valence-electron chi connectivity index (χ3n) is 1.00. The van der Waals surface area contributed by atoms with E-state index in [1.165, 1.54) is 0 Å². The van der Waals surface area contributed by atoms with E-state index in [4.69, 9.17) is 11.6 Å². The lowest BCUT2D eigenvalue weighted by molar-refractivity contribution is 1.28. The van der Waals surface area contributed by atoms with Gasteiger partial charge in [0, 0.05) is 17.7 Å². The van der Waals surface area contributed by atoms with Crippen molar-refractivity contribution in [1.29, 1.82) is 0 Å². The summed E-state index contributed by atoms with van der Waals surface area (Å²) in [6.45, 7) is 0. The van der Waals surface area contributed by atoms with Gasteiger partial charge in [-0.25, -0.2) is 0 Å². The number of hydrogen-bond donors (Lipinski definition) is 0. The summed E-state index contributed by atoms with van der Waals surface area (Å²) in [6, 6.07) is 1.89. The van der Waals surface area contributed by atoms with Crippen LogP contribution in [0.1, 0.15) is 5.56 Å². The Morgan fingerprint density at radius 2 is 2.30 bits per heavy atom. The highest BCUT2D eigenvalue weighted by Gasteiger charge is 1.93. The first-order chi connectivity index (χ1) is 4.34. The molecule has 0 saturated heterocycles. The van der Waals surface area contributed by atoms with Crippen molar-refractivity contribution in [1.82, 2.24) is 4.98 Å². The van der Waals surface area contributed by atoms with Gasteiger partial charge in [0.15, 0.2) is 0 Å². The predicted octanol–water partition coefficient (Wildman–Crippen LogP) is 3.21. The molecule has 0 aromatic carbocycles. The fourth-order valence-corrected chi connectivity index (χ4v) is 1.35. The van der Waals surface area contributed by atoms with E-state index in [1.807, 2.05) is 6.07 Å². The number of halogens is 3. The Morgan fingerprint density at radius 3 is 2.70 bits per heavy atom. The third-order valence-corrected chi connectivity index (χ3v) is 1.94. The van der Waals surface area contributed by atoms with Crippen molar-refractivity contribution in [2.45, 2.75) is 5.33 Å². The van der Waals surface area contributed by atoms with Crippen molar-refractivity contribution in [3.05, 3.63) is 29.0 Å². The minimum Gasteiger partial charge on any atom is -0.263 e. The maximum atomic E-state index is 5.73. The summed E-state index contributed by atoms with van der Waals surface area (Å²) in [7, 11) is 0. The van der Waals surface area contributed by atoms with Crippen molar-refractivity contribution < 1.29 is 0 Å². The summed E-state index contributed by atoms with van der Waals surface area (Å²) in [5.74, 6) is 0. The van der Waals surface area contributed by atoms with Crippen LogP contribution >= 0.6 is 44.5 Å². The van der Waals surface area contributed by atoms with Gasteiger partial charge in [-0.1, -0.05) is 27.5 Å². The molecule has 0 radical (unpaired) electrons. The fraction of sp³-hybridized carbons (Fsp3) is 0.167. The number of hydrogen-bond acceptors (Lipinski definition) is 1. The van der Waals surface area contributed by atoms with Gasteiger partial charge in [0.05, 0.1) is 5.02 Å². The maximum Gasteiger partial charge on any atom is 0.0629 e. The monoisotopic (exact) mass is 285 g/mol. The number of pyridine rings is 1. The fourth-order valence-electron chi connectivity index (χ4n) is 0.512. The van der Waals surface area contributed by atoms with Crippen molar-refractivity contribution in [2.24, 2.45) is 0 Å². The highest BCUT2D eigenvalue weighted by molar-refractivity contribution is 9.08. The molecule has 0 aliphatic rings. The lowest BCUT2D eigenvalue weighted by Crippen LogP contribution is -1.79. The zero-order chi connectivity index (χ0) is 6.69. The zero-order valence-electron chi connectivity index (χ0n) is 5.05. The topological polar surface area (TPSA) is 12.9 Å². The van der Waals surface area contributed by atoms with E-state index in [9.17, 15) is 0 Å². The number of nitrogens with zero attached hydrogens (tertiary/aromatic N) is 1. The Morgan fingerprint density at radius 1 is 1.60 bits per heavy atom. The van der Waals surface area contributed by atoms with E-state index in [1.54, 1.807) is 12.4 Å². The van der Waals surface area contributed by atoms with Crippen LogP contribution in [0, 0.1) is 0 Å². The summed E-state index contributed by atoms with van der Waals surface area (Å²) >= 11 is 9.03. The Bertz CT molecular complexity index is 205. The molecule has 1 aromatic heterocycles. The first kappa shape index (κ1) is 10.4. The Labute approximate surface area is 83.7 Å². The average Bonchev–Trinajstić information content (AvgIpc) is 1.89. The molecule has 0 aliphatic heterocycles. The molecule has 1 heterocycles. The summed E-state index contributed by atoms with van der Waals surface area (Å²) in [5.41, 5.74) is 1.08. The van der Waals surface area contributed by atoms with Gasteiger partial charge < -0.3 is 0 Å².